The van der Waals surface area contributed by atoms with E-state index in [1.165, 1.54) is 101 Å². The zero-order valence-corrected chi connectivity index (χ0v) is 47.3. The highest BCUT2D eigenvalue weighted by molar-refractivity contribution is 5.93. The maximum atomic E-state index is 6.77. The fraction of sp³-hybridized carbons (Fsp3) is 0.324. The quantitative estimate of drug-likeness (QED) is 0.174. The molecule has 0 bridgehead atoms. The van der Waals surface area contributed by atoms with E-state index in [1.54, 1.807) is 5.57 Å². The van der Waals surface area contributed by atoms with Crippen molar-refractivity contribution in [3.05, 3.63) is 247 Å². The minimum absolute atomic E-state index is 0.00661. The van der Waals surface area contributed by atoms with Gasteiger partial charge in [0.2, 0.25) is 0 Å². The fourth-order valence-corrected chi connectivity index (χ4v) is 14.1. The van der Waals surface area contributed by atoms with Crippen molar-refractivity contribution in [2.75, 3.05) is 4.90 Å². The van der Waals surface area contributed by atoms with Gasteiger partial charge in [-0.3, -0.25) is 0 Å². The Morgan fingerprint density at radius 2 is 0.947 bits per heavy atom. The maximum absolute atomic E-state index is 6.77. The van der Waals surface area contributed by atoms with Crippen LogP contribution in [0.1, 0.15) is 198 Å². The first kappa shape index (κ1) is 48.7. The fourth-order valence-electron chi connectivity index (χ4n) is 14.1. The summed E-state index contributed by atoms with van der Waals surface area (Å²) in [5, 5.41) is 0. The van der Waals surface area contributed by atoms with Crippen LogP contribution in [0.3, 0.4) is 0 Å². The third-order valence-electron chi connectivity index (χ3n) is 18.6. The molecule has 2 heteroatoms. The highest BCUT2D eigenvalue weighted by atomic mass is 16.5. The minimum atomic E-state index is -0.0656. The maximum Gasteiger partial charge on any atom is 0.151 e. The number of hydrogen-bond acceptors (Lipinski definition) is 2. The van der Waals surface area contributed by atoms with E-state index >= 15 is 0 Å². The number of hydrogen-bond donors (Lipinski definition) is 0. The van der Waals surface area contributed by atoms with Crippen molar-refractivity contribution in [3.63, 3.8) is 0 Å². The molecule has 3 atom stereocenters. The lowest BCUT2D eigenvalue weighted by Gasteiger charge is -2.47. The summed E-state index contributed by atoms with van der Waals surface area (Å²) in [5.41, 5.74) is 29.0. The molecule has 0 saturated heterocycles. The predicted molar refractivity (Wildman–Crippen MR) is 319 cm³/mol. The zero-order chi connectivity index (χ0) is 53.0. The Morgan fingerprint density at radius 3 is 1.53 bits per heavy atom. The first-order chi connectivity index (χ1) is 36.1. The minimum Gasteiger partial charge on any atom is -0.453 e. The summed E-state index contributed by atoms with van der Waals surface area (Å²) in [5.74, 6) is 1.73. The van der Waals surface area contributed by atoms with Gasteiger partial charge in [0.15, 0.2) is 11.5 Å². The molecule has 0 saturated carbocycles. The van der Waals surface area contributed by atoms with Crippen molar-refractivity contribution in [1.29, 1.82) is 0 Å². The lowest BCUT2D eigenvalue weighted by molar-refractivity contribution is 0.331. The van der Waals surface area contributed by atoms with Crippen molar-refractivity contribution < 1.29 is 4.74 Å². The van der Waals surface area contributed by atoms with Gasteiger partial charge in [-0.15, -0.1) is 0 Å². The van der Waals surface area contributed by atoms with Crippen LogP contribution in [0.2, 0.25) is 0 Å². The average Bonchev–Trinajstić information content (AvgIpc) is 3.78. The Kier molecular flexibility index (Phi) is 10.8. The molecule has 0 fully saturated rings. The lowest BCUT2D eigenvalue weighted by atomic mass is 9.57. The van der Waals surface area contributed by atoms with E-state index < -0.39 is 0 Å². The molecule has 0 radical (unpaired) electrons. The van der Waals surface area contributed by atoms with Crippen molar-refractivity contribution >= 4 is 22.6 Å². The molecule has 3 unspecified atom stereocenters. The largest absolute Gasteiger partial charge is 0.453 e. The van der Waals surface area contributed by atoms with Crippen LogP contribution in [0, 0.1) is 0 Å². The summed E-state index contributed by atoms with van der Waals surface area (Å²) in [6, 6.07) is 64.1. The number of fused-ring (bicyclic) bond motifs is 8. The number of ether oxygens (including phenoxy) is 1. The van der Waals surface area contributed by atoms with Crippen molar-refractivity contribution in [2.24, 2.45) is 0 Å². The molecule has 0 N–H and O–H groups in total. The molecule has 5 aliphatic rings. The smallest absolute Gasteiger partial charge is 0.151 e. The van der Waals surface area contributed by atoms with Crippen LogP contribution in [-0.2, 0) is 33.5 Å². The molecular formula is C74H75NO. The standard InChI is InChI=1S/C74H75NO/c1-70(2,3)47-30-27-45(28-31-47)65-57-40-50(75-61-23-17-19-25-63(61)76-64-26-20-18-24-62(64)75)41-58-66(51-34-33-49(72(7,8)9)38-52(51)44-21-15-14-16-22-44)54-42-59-60(74(12,13)36-35-73(59,10)11)43-55(54)68(69(57)58)56-37-46-29-32-48(71(4,5)6)39-53(46)67(56)65/h14-34,38-43,65-66,68H,35-37H2,1-13H3. The van der Waals surface area contributed by atoms with Gasteiger partial charge in [-0.25, -0.2) is 0 Å². The topological polar surface area (TPSA) is 12.5 Å². The number of rotatable bonds is 4. The molecule has 13 rings (SSSR count). The van der Waals surface area contributed by atoms with Crippen LogP contribution in [0.5, 0.6) is 11.5 Å². The molecule has 8 aromatic rings. The van der Waals surface area contributed by atoms with Gasteiger partial charge in [0.25, 0.3) is 0 Å². The highest BCUT2D eigenvalue weighted by Gasteiger charge is 2.49. The number of anilines is 3. The molecule has 76 heavy (non-hydrogen) atoms. The van der Waals surface area contributed by atoms with Crippen molar-refractivity contribution in [3.8, 4) is 22.6 Å². The number of para-hydroxylation sites is 4. The molecule has 2 nitrogen and oxygen atoms in total. The Hall–Kier alpha value is -6.90. The summed E-state index contributed by atoms with van der Waals surface area (Å²) in [6.07, 6.45) is 3.26. The molecule has 8 aromatic carbocycles. The lowest BCUT2D eigenvalue weighted by Crippen LogP contribution is -2.36. The zero-order valence-electron chi connectivity index (χ0n) is 47.3. The van der Waals surface area contributed by atoms with E-state index in [4.69, 9.17) is 4.74 Å². The van der Waals surface area contributed by atoms with Crippen LogP contribution in [0.25, 0.3) is 16.7 Å². The molecule has 4 aliphatic carbocycles. The summed E-state index contributed by atoms with van der Waals surface area (Å²) in [4.78, 5) is 2.51. The van der Waals surface area contributed by atoms with Crippen LogP contribution in [0.4, 0.5) is 17.1 Å². The Labute approximate surface area is 453 Å². The number of nitrogens with zero attached hydrogens (tertiary/aromatic N) is 1. The molecule has 382 valence electrons. The van der Waals surface area contributed by atoms with E-state index in [-0.39, 0.29) is 44.8 Å². The van der Waals surface area contributed by atoms with E-state index in [1.807, 2.05) is 0 Å². The van der Waals surface area contributed by atoms with E-state index in [9.17, 15) is 0 Å². The third-order valence-corrected chi connectivity index (χ3v) is 18.6. The van der Waals surface area contributed by atoms with E-state index in [0.29, 0.717) is 0 Å². The Bertz CT molecular complexity index is 3660. The normalized spacial score (nSPS) is 19.6. The monoisotopic (exact) mass is 994 g/mol. The van der Waals surface area contributed by atoms with Gasteiger partial charge >= 0.3 is 0 Å². The van der Waals surface area contributed by atoms with Gasteiger partial charge in [0, 0.05) is 23.4 Å². The molecule has 0 amide bonds. The molecule has 1 aliphatic heterocycles. The summed E-state index contributed by atoms with van der Waals surface area (Å²) in [6.45, 7) is 31.2. The van der Waals surface area contributed by atoms with Crippen LogP contribution in [0.15, 0.2) is 169 Å². The summed E-state index contributed by atoms with van der Waals surface area (Å²) < 4.78 is 6.77. The van der Waals surface area contributed by atoms with Gasteiger partial charge < -0.3 is 9.64 Å². The molecule has 0 spiro atoms. The van der Waals surface area contributed by atoms with Crippen LogP contribution >= 0.6 is 0 Å². The second-order valence-corrected chi connectivity index (χ2v) is 27.5. The Morgan fingerprint density at radius 1 is 0.447 bits per heavy atom. The van der Waals surface area contributed by atoms with Crippen molar-refractivity contribution in [1.82, 2.24) is 0 Å². The molecule has 1 heterocycles. The van der Waals surface area contributed by atoms with Gasteiger partial charge in [0.05, 0.1) is 11.4 Å². The van der Waals surface area contributed by atoms with E-state index in [2.05, 4.69) is 259 Å². The van der Waals surface area contributed by atoms with Gasteiger partial charge in [-0.2, -0.15) is 0 Å². The highest BCUT2D eigenvalue weighted by Crippen LogP contribution is 2.65. The Balaban J connectivity index is 1.21. The summed E-state index contributed by atoms with van der Waals surface area (Å²) in [7, 11) is 0. The number of allylic oxidation sites excluding steroid dienone is 2. The molecule has 0 aromatic heterocycles. The van der Waals surface area contributed by atoms with Gasteiger partial charge in [0.1, 0.15) is 0 Å². The average molecular weight is 994 g/mol. The van der Waals surface area contributed by atoms with Crippen molar-refractivity contribution in [2.45, 2.75) is 154 Å². The SMILES string of the molecule is CC(C)(C)c1ccc(C2C3=C(Cc4ccc(C(C)(C)C)cc43)C3c4cc5c(cc4C(c4ccc(C(C)(C)C)cc4-c4ccccc4)c4cc(N6c7ccccc7Oc7ccccc76)cc2c43)C(C)(C)CCC5(C)C)cc1. The second-order valence-electron chi connectivity index (χ2n) is 27.5. The van der Waals surface area contributed by atoms with E-state index in [0.717, 1.165) is 41.4 Å². The van der Waals surface area contributed by atoms with Gasteiger partial charge in [-0.1, -0.05) is 217 Å². The van der Waals surface area contributed by atoms with Gasteiger partial charge in [-0.05, 0) is 183 Å². The second kappa shape index (κ2) is 16.8. The molecular weight excluding hydrogens is 919 g/mol. The predicted octanol–water partition coefficient (Wildman–Crippen LogP) is 20.0. The first-order valence-corrected chi connectivity index (χ1v) is 28.3. The third kappa shape index (κ3) is 7.62. The number of benzene rings is 8. The summed E-state index contributed by atoms with van der Waals surface area (Å²) >= 11 is 0. The first-order valence-electron chi connectivity index (χ1n) is 28.3. The van der Waals surface area contributed by atoms with Crippen LogP contribution < -0.4 is 9.64 Å². The van der Waals surface area contributed by atoms with Crippen LogP contribution in [-0.4, -0.2) is 0 Å².